The zero-order valence-corrected chi connectivity index (χ0v) is 20.8. The van der Waals surface area contributed by atoms with E-state index in [0.717, 1.165) is 41.6 Å². The normalized spacial score (nSPS) is 11.2. The van der Waals surface area contributed by atoms with Gasteiger partial charge in [-0.1, -0.05) is 12.1 Å². The van der Waals surface area contributed by atoms with E-state index in [1.807, 2.05) is 33.2 Å². The third kappa shape index (κ3) is 6.68. The SMILES string of the molecule is CCNC(=NCCNc1ncnc2c1cnn2C)N(C)Cc1ccc(OCC)cc1.I. The number of nitrogens with one attached hydrogen (secondary N) is 2. The highest BCUT2D eigenvalue weighted by Crippen LogP contribution is 2.17. The second kappa shape index (κ2) is 12.3. The summed E-state index contributed by atoms with van der Waals surface area (Å²) in [5.41, 5.74) is 2.00. The van der Waals surface area contributed by atoms with Crippen LogP contribution in [0, 0.1) is 0 Å². The highest BCUT2D eigenvalue weighted by atomic mass is 127. The number of hydrogen-bond acceptors (Lipinski definition) is 6. The molecule has 2 aromatic heterocycles. The largest absolute Gasteiger partial charge is 0.494 e. The van der Waals surface area contributed by atoms with Crippen LogP contribution in [0.5, 0.6) is 5.75 Å². The Morgan fingerprint density at radius 1 is 1.19 bits per heavy atom. The van der Waals surface area contributed by atoms with Crippen molar-refractivity contribution in [2.45, 2.75) is 20.4 Å². The summed E-state index contributed by atoms with van der Waals surface area (Å²) >= 11 is 0. The first-order chi connectivity index (χ1) is 14.6. The fraction of sp³-hybridized carbons (Fsp3) is 0.429. The van der Waals surface area contributed by atoms with Crippen LogP contribution in [0.15, 0.2) is 41.8 Å². The van der Waals surface area contributed by atoms with Crippen molar-refractivity contribution in [3.05, 3.63) is 42.4 Å². The Morgan fingerprint density at radius 2 is 1.97 bits per heavy atom. The summed E-state index contributed by atoms with van der Waals surface area (Å²) in [7, 11) is 3.90. The van der Waals surface area contributed by atoms with Crippen LogP contribution in [0.25, 0.3) is 11.0 Å². The van der Waals surface area contributed by atoms with Crippen molar-refractivity contribution in [1.29, 1.82) is 0 Å². The fourth-order valence-electron chi connectivity index (χ4n) is 3.12. The number of anilines is 1. The molecule has 0 spiro atoms. The van der Waals surface area contributed by atoms with E-state index in [0.29, 0.717) is 19.7 Å². The molecule has 0 radical (unpaired) electrons. The van der Waals surface area contributed by atoms with Gasteiger partial charge in [0.25, 0.3) is 0 Å². The summed E-state index contributed by atoms with van der Waals surface area (Å²) in [6.45, 7) is 7.56. The number of benzene rings is 1. The number of hydrogen-bond donors (Lipinski definition) is 2. The molecule has 3 rings (SSSR count). The zero-order valence-electron chi connectivity index (χ0n) is 18.5. The summed E-state index contributed by atoms with van der Waals surface area (Å²) in [5.74, 6) is 2.53. The van der Waals surface area contributed by atoms with Gasteiger partial charge < -0.3 is 20.3 Å². The second-order valence-electron chi connectivity index (χ2n) is 6.82. The minimum atomic E-state index is 0. The molecule has 168 valence electrons. The zero-order chi connectivity index (χ0) is 21.3. The monoisotopic (exact) mass is 538 g/mol. The van der Waals surface area contributed by atoms with Gasteiger partial charge in [-0.05, 0) is 31.5 Å². The molecular weight excluding hydrogens is 507 g/mol. The lowest BCUT2D eigenvalue weighted by Crippen LogP contribution is -2.38. The lowest BCUT2D eigenvalue weighted by molar-refractivity contribution is 0.340. The summed E-state index contributed by atoms with van der Waals surface area (Å²) < 4.78 is 7.25. The number of nitrogens with zero attached hydrogens (tertiary/aromatic N) is 6. The number of ether oxygens (including phenoxy) is 1. The number of aliphatic imine (C=N–C) groups is 1. The molecular formula is C21H31IN8O. The van der Waals surface area contributed by atoms with Crippen LogP contribution in [0.3, 0.4) is 0 Å². The average Bonchev–Trinajstić information content (AvgIpc) is 3.13. The number of guanidine groups is 1. The van der Waals surface area contributed by atoms with Gasteiger partial charge in [0, 0.05) is 33.7 Å². The molecule has 2 heterocycles. The van der Waals surface area contributed by atoms with Gasteiger partial charge in [0.2, 0.25) is 0 Å². The highest BCUT2D eigenvalue weighted by Gasteiger charge is 2.08. The summed E-state index contributed by atoms with van der Waals surface area (Å²) in [6.07, 6.45) is 3.32. The first-order valence-corrected chi connectivity index (χ1v) is 10.2. The Balaban J connectivity index is 0.00000341. The first-order valence-electron chi connectivity index (χ1n) is 10.2. The van der Waals surface area contributed by atoms with Gasteiger partial charge in [-0.2, -0.15) is 5.10 Å². The molecule has 2 N–H and O–H groups in total. The minimum absolute atomic E-state index is 0. The van der Waals surface area contributed by atoms with E-state index in [4.69, 9.17) is 9.73 Å². The number of aromatic nitrogens is 4. The Morgan fingerprint density at radius 3 is 2.68 bits per heavy atom. The number of rotatable bonds is 9. The number of fused-ring (bicyclic) bond motifs is 1. The third-order valence-corrected chi connectivity index (χ3v) is 4.55. The predicted octanol–water partition coefficient (Wildman–Crippen LogP) is 2.89. The lowest BCUT2D eigenvalue weighted by Gasteiger charge is -2.22. The molecule has 0 amide bonds. The van der Waals surface area contributed by atoms with Crippen LogP contribution in [-0.2, 0) is 13.6 Å². The van der Waals surface area contributed by atoms with E-state index in [9.17, 15) is 0 Å². The quantitative estimate of drug-likeness (QED) is 0.187. The molecule has 0 aliphatic heterocycles. The van der Waals surface area contributed by atoms with Gasteiger partial charge in [0.1, 0.15) is 17.9 Å². The van der Waals surface area contributed by atoms with Crippen LogP contribution in [-0.4, -0.2) is 63.9 Å². The van der Waals surface area contributed by atoms with E-state index >= 15 is 0 Å². The predicted molar refractivity (Wildman–Crippen MR) is 135 cm³/mol. The number of halogens is 1. The van der Waals surface area contributed by atoms with Gasteiger partial charge >= 0.3 is 0 Å². The van der Waals surface area contributed by atoms with Crippen molar-refractivity contribution >= 4 is 46.8 Å². The van der Waals surface area contributed by atoms with Crippen LogP contribution in [0.2, 0.25) is 0 Å². The summed E-state index contributed by atoms with van der Waals surface area (Å²) in [5, 5.41) is 11.8. The van der Waals surface area contributed by atoms with Crippen molar-refractivity contribution in [3.63, 3.8) is 0 Å². The Labute approximate surface area is 200 Å². The van der Waals surface area contributed by atoms with E-state index in [1.165, 1.54) is 5.56 Å². The molecule has 1 aromatic carbocycles. The molecule has 0 unspecified atom stereocenters. The molecule has 0 saturated heterocycles. The molecule has 0 aliphatic rings. The maximum atomic E-state index is 5.51. The average molecular weight is 538 g/mol. The van der Waals surface area contributed by atoms with Gasteiger partial charge in [0.15, 0.2) is 11.6 Å². The van der Waals surface area contributed by atoms with E-state index in [-0.39, 0.29) is 24.0 Å². The van der Waals surface area contributed by atoms with Crippen molar-refractivity contribution in [2.24, 2.45) is 12.0 Å². The molecule has 0 fully saturated rings. The minimum Gasteiger partial charge on any atom is -0.494 e. The highest BCUT2D eigenvalue weighted by molar-refractivity contribution is 14.0. The van der Waals surface area contributed by atoms with E-state index in [1.54, 1.807) is 17.2 Å². The molecule has 0 saturated carbocycles. The van der Waals surface area contributed by atoms with E-state index in [2.05, 4.69) is 49.7 Å². The van der Waals surface area contributed by atoms with Crippen LogP contribution in [0.1, 0.15) is 19.4 Å². The summed E-state index contributed by atoms with van der Waals surface area (Å²) in [4.78, 5) is 15.4. The van der Waals surface area contributed by atoms with Crippen molar-refractivity contribution in [2.75, 3.05) is 38.6 Å². The smallest absolute Gasteiger partial charge is 0.194 e. The van der Waals surface area contributed by atoms with Crippen molar-refractivity contribution in [3.8, 4) is 5.75 Å². The molecule has 0 aliphatic carbocycles. The molecule has 0 atom stereocenters. The summed E-state index contributed by atoms with van der Waals surface area (Å²) in [6, 6.07) is 8.17. The lowest BCUT2D eigenvalue weighted by atomic mass is 10.2. The van der Waals surface area contributed by atoms with Gasteiger partial charge in [-0.3, -0.25) is 9.67 Å². The molecule has 10 heteroatoms. The maximum absolute atomic E-state index is 5.51. The molecule has 3 aromatic rings. The van der Waals surface area contributed by atoms with Crippen LogP contribution < -0.4 is 15.4 Å². The topological polar surface area (TPSA) is 92.5 Å². The molecule has 31 heavy (non-hydrogen) atoms. The Kier molecular flexibility index (Phi) is 9.76. The molecule has 9 nitrogen and oxygen atoms in total. The second-order valence-corrected chi connectivity index (χ2v) is 6.82. The van der Waals surface area contributed by atoms with Crippen molar-refractivity contribution in [1.82, 2.24) is 30.0 Å². The van der Waals surface area contributed by atoms with Crippen LogP contribution >= 0.6 is 24.0 Å². The Hall–Kier alpha value is -2.63. The standard InChI is InChI=1S/C21H30N8O.HI/c1-5-22-21(28(3)14-16-7-9-17(10-8-16)30-6-2)24-12-11-23-19-18-13-27-29(4)20(18)26-15-25-19;/h7-10,13,15H,5-6,11-12,14H2,1-4H3,(H,22,24)(H,23,25,26);1H. The maximum Gasteiger partial charge on any atom is 0.194 e. The number of aryl methyl sites for hydroxylation is 1. The van der Waals surface area contributed by atoms with E-state index < -0.39 is 0 Å². The first kappa shape index (κ1) is 24.6. The Bertz CT molecular complexity index is 973. The van der Waals surface area contributed by atoms with Gasteiger partial charge in [0.05, 0.1) is 24.7 Å². The van der Waals surface area contributed by atoms with Crippen LogP contribution in [0.4, 0.5) is 5.82 Å². The molecule has 0 bridgehead atoms. The fourth-order valence-corrected chi connectivity index (χ4v) is 3.12. The third-order valence-electron chi connectivity index (χ3n) is 4.55. The van der Waals surface area contributed by atoms with Gasteiger partial charge in [-0.15, -0.1) is 24.0 Å². The van der Waals surface area contributed by atoms with Crippen molar-refractivity contribution < 1.29 is 4.74 Å². The van der Waals surface area contributed by atoms with Gasteiger partial charge in [-0.25, -0.2) is 9.97 Å².